The van der Waals surface area contributed by atoms with Crippen molar-refractivity contribution in [3.8, 4) is 6.07 Å². The van der Waals surface area contributed by atoms with Crippen LogP contribution in [0.3, 0.4) is 0 Å². The topological polar surface area (TPSA) is 44.1 Å². The van der Waals surface area contributed by atoms with E-state index < -0.39 is 0 Å². The summed E-state index contributed by atoms with van der Waals surface area (Å²) in [5, 5.41) is 8.93. The van der Waals surface area contributed by atoms with Crippen LogP contribution in [0, 0.1) is 11.3 Å². The molecule has 2 rings (SSSR count). The molecule has 0 N–H and O–H groups in total. The fraction of sp³-hybridized carbons (Fsp3) is 0.167. The van der Waals surface area contributed by atoms with E-state index >= 15 is 0 Å². The zero-order chi connectivity index (χ0) is 10.7. The molecule has 1 aliphatic rings. The highest BCUT2D eigenvalue weighted by Gasteiger charge is 2.26. The summed E-state index contributed by atoms with van der Waals surface area (Å²) in [6.07, 6.45) is 2.28. The second-order valence-electron chi connectivity index (χ2n) is 3.35. The Balaban J connectivity index is 2.24. The molecule has 3 heteroatoms. The van der Waals surface area contributed by atoms with E-state index in [4.69, 9.17) is 5.26 Å². The zero-order valence-electron chi connectivity index (χ0n) is 8.18. The maximum atomic E-state index is 11.2. The Morgan fingerprint density at radius 2 is 2.13 bits per heavy atom. The van der Waals surface area contributed by atoms with Gasteiger partial charge in [0.25, 0.3) is 0 Å². The van der Waals surface area contributed by atoms with E-state index in [1.165, 1.54) is 4.90 Å². The summed E-state index contributed by atoms with van der Waals surface area (Å²) in [4.78, 5) is 12.7. The molecule has 3 nitrogen and oxygen atoms in total. The molecule has 1 aliphatic heterocycles. The normalized spacial score (nSPS) is 15.8. The monoisotopic (exact) mass is 198 g/mol. The molecule has 0 radical (unpaired) electrons. The van der Waals surface area contributed by atoms with Crippen molar-refractivity contribution in [2.75, 3.05) is 6.54 Å². The van der Waals surface area contributed by atoms with Gasteiger partial charge >= 0.3 is 0 Å². The predicted molar refractivity (Wildman–Crippen MR) is 56.4 cm³/mol. The van der Waals surface area contributed by atoms with Crippen LogP contribution in [0.5, 0.6) is 0 Å². The lowest BCUT2D eigenvalue weighted by molar-refractivity contribution is -0.136. The molecule has 0 atom stereocenters. The third-order valence-electron chi connectivity index (χ3n) is 2.36. The summed E-state index contributed by atoms with van der Waals surface area (Å²) in [6, 6.07) is 11.6. The maximum Gasteiger partial charge on any atom is 0.229 e. The Kier molecular flexibility index (Phi) is 2.51. The number of likely N-dealkylation sites (tertiary alicyclic amines) is 1. The van der Waals surface area contributed by atoms with Gasteiger partial charge in [0.1, 0.15) is 11.8 Å². The Labute approximate surface area is 88.2 Å². The Morgan fingerprint density at radius 1 is 1.40 bits per heavy atom. The minimum atomic E-state index is 0.0266. The average Bonchev–Trinajstić information content (AvgIpc) is 2.27. The van der Waals surface area contributed by atoms with Gasteiger partial charge in [-0.25, -0.2) is 0 Å². The van der Waals surface area contributed by atoms with Gasteiger partial charge in [-0.3, -0.25) is 4.79 Å². The van der Waals surface area contributed by atoms with E-state index in [9.17, 15) is 4.79 Å². The summed E-state index contributed by atoms with van der Waals surface area (Å²) in [5.74, 6) is 0.0266. The summed E-state index contributed by atoms with van der Waals surface area (Å²) in [7, 11) is 0. The van der Waals surface area contributed by atoms with Crippen LogP contribution in [-0.2, 0) is 4.79 Å². The molecular weight excluding hydrogens is 188 g/mol. The quantitative estimate of drug-likeness (QED) is 0.537. The average molecular weight is 198 g/mol. The van der Waals surface area contributed by atoms with E-state index in [1.54, 1.807) is 6.08 Å². The van der Waals surface area contributed by atoms with Gasteiger partial charge in [-0.05, 0) is 11.6 Å². The van der Waals surface area contributed by atoms with Crippen LogP contribution in [0.4, 0.5) is 0 Å². The molecule has 0 aliphatic carbocycles. The van der Waals surface area contributed by atoms with Crippen LogP contribution < -0.4 is 0 Å². The first kappa shape index (κ1) is 9.47. The molecule has 0 unspecified atom stereocenters. The molecule has 1 amide bonds. The number of carbonyl (C=O) groups is 1. The van der Waals surface area contributed by atoms with Gasteiger partial charge in [0.15, 0.2) is 0 Å². The first-order valence-electron chi connectivity index (χ1n) is 4.78. The lowest BCUT2D eigenvalue weighted by Gasteiger charge is -2.29. The number of nitrogens with zero attached hydrogens (tertiary/aromatic N) is 2. The summed E-state index contributed by atoms with van der Waals surface area (Å²) in [6.45, 7) is 0.658. The SMILES string of the molecule is N#C/C(=C\c1ccccc1)N1CCC1=O. The van der Waals surface area contributed by atoms with Crippen molar-refractivity contribution in [2.24, 2.45) is 0 Å². The Hall–Kier alpha value is -2.08. The highest BCUT2D eigenvalue weighted by Crippen LogP contribution is 2.18. The van der Waals surface area contributed by atoms with Crippen molar-refractivity contribution < 1.29 is 4.79 Å². The van der Waals surface area contributed by atoms with E-state index in [1.807, 2.05) is 36.4 Å². The lowest BCUT2D eigenvalue weighted by atomic mass is 10.1. The lowest BCUT2D eigenvalue weighted by Crippen LogP contribution is -2.41. The van der Waals surface area contributed by atoms with Gasteiger partial charge in [0.05, 0.1) is 0 Å². The Morgan fingerprint density at radius 3 is 2.60 bits per heavy atom. The van der Waals surface area contributed by atoms with Crippen molar-refractivity contribution in [1.82, 2.24) is 4.90 Å². The third-order valence-corrected chi connectivity index (χ3v) is 2.36. The summed E-state index contributed by atoms with van der Waals surface area (Å²) >= 11 is 0. The molecule has 1 fully saturated rings. The first-order chi connectivity index (χ1) is 7.31. The molecule has 1 heterocycles. The fourth-order valence-corrected chi connectivity index (χ4v) is 1.45. The molecule has 74 valence electrons. The van der Waals surface area contributed by atoms with E-state index in [0.717, 1.165) is 5.56 Å². The zero-order valence-corrected chi connectivity index (χ0v) is 8.18. The van der Waals surface area contributed by atoms with Crippen LogP contribution in [0.15, 0.2) is 36.0 Å². The molecule has 1 aromatic carbocycles. The van der Waals surface area contributed by atoms with Crippen molar-refractivity contribution in [3.05, 3.63) is 41.6 Å². The van der Waals surface area contributed by atoms with Gasteiger partial charge in [0.2, 0.25) is 5.91 Å². The molecule has 1 saturated heterocycles. The second-order valence-corrected chi connectivity index (χ2v) is 3.35. The van der Waals surface area contributed by atoms with Crippen LogP contribution in [0.2, 0.25) is 0 Å². The standard InChI is InChI=1S/C12H10N2O/c13-9-11(14-7-6-12(14)15)8-10-4-2-1-3-5-10/h1-5,8H,6-7H2/b11-8+. The highest BCUT2D eigenvalue weighted by molar-refractivity contribution is 5.85. The Bertz CT molecular complexity index is 442. The van der Waals surface area contributed by atoms with Crippen molar-refractivity contribution in [3.63, 3.8) is 0 Å². The number of benzene rings is 1. The molecule has 15 heavy (non-hydrogen) atoms. The number of nitriles is 1. The van der Waals surface area contributed by atoms with E-state index in [-0.39, 0.29) is 5.91 Å². The number of β-lactam (4-membered cyclic amide) rings is 1. The number of rotatable bonds is 2. The minimum Gasteiger partial charge on any atom is -0.303 e. The van der Waals surface area contributed by atoms with Gasteiger partial charge < -0.3 is 4.90 Å². The van der Waals surface area contributed by atoms with Crippen LogP contribution in [0.1, 0.15) is 12.0 Å². The van der Waals surface area contributed by atoms with E-state index in [2.05, 4.69) is 0 Å². The summed E-state index contributed by atoms with van der Waals surface area (Å²) < 4.78 is 0. The predicted octanol–water partition coefficient (Wildman–Crippen LogP) is 1.78. The second kappa shape index (κ2) is 3.97. The summed E-state index contributed by atoms with van der Waals surface area (Å²) in [5.41, 5.74) is 1.37. The largest absolute Gasteiger partial charge is 0.303 e. The van der Waals surface area contributed by atoms with Crippen LogP contribution in [0.25, 0.3) is 6.08 Å². The van der Waals surface area contributed by atoms with Gasteiger partial charge in [0, 0.05) is 13.0 Å². The number of amides is 1. The number of allylic oxidation sites excluding steroid dienone is 1. The van der Waals surface area contributed by atoms with Crippen molar-refractivity contribution >= 4 is 12.0 Å². The smallest absolute Gasteiger partial charge is 0.229 e. The number of hydrogen-bond acceptors (Lipinski definition) is 2. The maximum absolute atomic E-state index is 11.2. The molecule has 1 aromatic rings. The van der Waals surface area contributed by atoms with Crippen molar-refractivity contribution in [1.29, 1.82) is 5.26 Å². The molecule has 0 spiro atoms. The molecular formula is C12H10N2O. The minimum absolute atomic E-state index is 0.0266. The van der Waals surface area contributed by atoms with Gasteiger partial charge in [-0.15, -0.1) is 0 Å². The number of carbonyl (C=O) groups excluding carboxylic acids is 1. The first-order valence-corrected chi connectivity index (χ1v) is 4.78. The highest BCUT2D eigenvalue weighted by atomic mass is 16.2. The van der Waals surface area contributed by atoms with Crippen LogP contribution in [-0.4, -0.2) is 17.4 Å². The fourth-order valence-electron chi connectivity index (χ4n) is 1.45. The van der Waals surface area contributed by atoms with Crippen molar-refractivity contribution in [2.45, 2.75) is 6.42 Å². The van der Waals surface area contributed by atoms with E-state index in [0.29, 0.717) is 18.7 Å². The van der Waals surface area contributed by atoms with Gasteiger partial charge in [-0.1, -0.05) is 30.3 Å². The molecule has 0 saturated carbocycles. The third kappa shape index (κ3) is 1.89. The van der Waals surface area contributed by atoms with Crippen LogP contribution >= 0.6 is 0 Å². The molecule has 0 aromatic heterocycles. The molecule has 0 bridgehead atoms. The van der Waals surface area contributed by atoms with Gasteiger partial charge in [-0.2, -0.15) is 5.26 Å². The number of hydrogen-bond donors (Lipinski definition) is 0.